The van der Waals surface area contributed by atoms with Crippen molar-refractivity contribution in [3.8, 4) is 11.1 Å². The smallest absolute Gasteiger partial charge is 0.340 e. The molecule has 2 aromatic rings. The molecule has 0 radical (unpaired) electrons. The van der Waals surface area contributed by atoms with Gasteiger partial charge in [0.2, 0.25) is 0 Å². The van der Waals surface area contributed by atoms with Gasteiger partial charge in [-0.3, -0.25) is 4.98 Å². The van der Waals surface area contributed by atoms with Crippen molar-refractivity contribution in [2.45, 2.75) is 103 Å². The Morgan fingerprint density at radius 3 is 2.28 bits per heavy atom. The number of methoxy groups -OCH3 is 1. The van der Waals surface area contributed by atoms with Gasteiger partial charge in [-0.1, -0.05) is 59.6 Å². The Morgan fingerprint density at radius 2 is 1.72 bits per heavy atom. The number of esters is 1. The number of aromatic nitrogens is 1. The van der Waals surface area contributed by atoms with Crippen molar-refractivity contribution in [2.75, 3.05) is 7.11 Å². The van der Waals surface area contributed by atoms with Crippen LogP contribution in [-0.2, 0) is 15.6 Å². The quantitative estimate of drug-likeness (QED) is 0.299. The molecule has 196 valence electrons. The Kier molecular flexibility index (Phi) is 7.26. The number of rotatable bonds is 5. The lowest BCUT2D eigenvalue weighted by Gasteiger charge is -2.45. The average molecular weight is 512 g/mol. The Balaban J connectivity index is 2.04. The number of fused-ring (bicyclic) bond motifs is 1. The summed E-state index contributed by atoms with van der Waals surface area (Å²) < 4.78 is 26.5. The van der Waals surface area contributed by atoms with E-state index in [1.165, 1.54) is 19.2 Å². The molecular formula is C30H42FNO3Si. The Hall–Kier alpha value is -2.05. The average Bonchev–Trinajstić information content (AvgIpc) is 3.31. The number of nitrogens with zero attached hydrogens (tertiary/aromatic N) is 1. The van der Waals surface area contributed by atoms with E-state index < -0.39 is 8.32 Å². The Bertz CT molecular complexity index is 1130. The van der Waals surface area contributed by atoms with Gasteiger partial charge in [-0.15, -0.1) is 0 Å². The molecule has 2 aliphatic carbocycles. The van der Waals surface area contributed by atoms with Crippen LogP contribution in [0.5, 0.6) is 0 Å². The van der Waals surface area contributed by atoms with Crippen molar-refractivity contribution in [3.63, 3.8) is 0 Å². The molecule has 1 saturated carbocycles. The molecule has 0 aliphatic heterocycles. The first-order chi connectivity index (χ1) is 16.7. The summed E-state index contributed by atoms with van der Waals surface area (Å²) in [5, 5.41) is 0.0349. The van der Waals surface area contributed by atoms with Gasteiger partial charge in [0.1, 0.15) is 5.82 Å². The summed E-state index contributed by atoms with van der Waals surface area (Å²) in [7, 11) is -0.720. The highest BCUT2D eigenvalue weighted by molar-refractivity contribution is 6.74. The standard InChI is InChI=1S/C30H42FNO3Si/c1-29(2,3)36(7,8)35-23-18-30(4,5)17-22-25(23)24(19-13-15-21(31)16-14-19)26(28(33)34-6)27(32-22)20-11-9-10-12-20/h13-16,20,23H,9-12,17-18H2,1-8H3. The number of ether oxygens (including phenoxy) is 1. The second-order valence-electron chi connectivity index (χ2n) is 13.0. The monoisotopic (exact) mass is 511 g/mol. The van der Waals surface area contributed by atoms with E-state index in [-0.39, 0.29) is 34.3 Å². The van der Waals surface area contributed by atoms with Crippen molar-refractivity contribution >= 4 is 14.3 Å². The molecule has 0 saturated heterocycles. The molecule has 4 nitrogen and oxygen atoms in total. The molecule has 1 heterocycles. The number of halogens is 1. The number of pyridine rings is 1. The number of hydrogen-bond acceptors (Lipinski definition) is 4. The Morgan fingerprint density at radius 1 is 1.11 bits per heavy atom. The van der Waals surface area contributed by atoms with Crippen LogP contribution in [0.2, 0.25) is 18.1 Å². The number of carbonyl (C=O) groups is 1. The molecule has 1 unspecified atom stereocenters. The number of hydrogen-bond donors (Lipinski definition) is 0. The lowest BCUT2D eigenvalue weighted by atomic mass is 9.72. The maximum Gasteiger partial charge on any atom is 0.340 e. The molecule has 1 fully saturated rings. The third-order valence-corrected chi connectivity index (χ3v) is 13.0. The van der Waals surface area contributed by atoms with Crippen LogP contribution in [0.3, 0.4) is 0 Å². The van der Waals surface area contributed by atoms with E-state index in [9.17, 15) is 9.18 Å². The zero-order valence-electron chi connectivity index (χ0n) is 23.3. The SMILES string of the molecule is COC(=O)c1c(C2CCCC2)nc2c(c1-c1ccc(F)cc1)C(O[Si](C)(C)C(C)(C)C)CC(C)(C)C2. The van der Waals surface area contributed by atoms with Crippen LogP contribution in [0.1, 0.15) is 106 Å². The second kappa shape index (κ2) is 9.68. The maximum absolute atomic E-state index is 14.0. The first kappa shape index (κ1) is 27.0. The van der Waals surface area contributed by atoms with Gasteiger partial charge in [-0.05, 0) is 66.9 Å². The van der Waals surface area contributed by atoms with Gasteiger partial charge in [-0.25, -0.2) is 9.18 Å². The minimum atomic E-state index is -2.15. The highest BCUT2D eigenvalue weighted by atomic mass is 28.4. The summed E-state index contributed by atoms with van der Waals surface area (Å²) in [5.74, 6) is -0.441. The molecule has 0 bridgehead atoms. The fraction of sp³-hybridized carbons (Fsp3) is 0.600. The second-order valence-corrected chi connectivity index (χ2v) is 17.8. The first-order valence-electron chi connectivity index (χ1n) is 13.3. The van der Waals surface area contributed by atoms with Crippen LogP contribution in [0.4, 0.5) is 4.39 Å². The largest absolute Gasteiger partial charge is 0.465 e. The summed E-state index contributed by atoms with van der Waals surface area (Å²) in [6, 6.07) is 6.49. The highest BCUT2D eigenvalue weighted by Gasteiger charge is 2.45. The van der Waals surface area contributed by atoms with Crippen LogP contribution in [0.15, 0.2) is 24.3 Å². The van der Waals surface area contributed by atoms with Crippen LogP contribution in [0, 0.1) is 11.2 Å². The molecule has 36 heavy (non-hydrogen) atoms. The van der Waals surface area contributed by atoms with E-state index in [1.54, 1.807) is 12.1 Å². The van der Waals surface area contributed by atoms with Gasteiger partial charge in [-0.2, -0.15) is 0 Å². The molecule has 4 rings (SSSR count). The highest BCUT2D eigenvalue weighted by Crippen LogP contribution is 2.51. The van der Waals surface area contributed by atoms with Gasteiger partial charge < -0.3 is 9.16 Å². The molecule has 1 atom stereocenters. The van der Waals surface area contributed by atoms with Crippen LogP contribution < -0.4 is 0 Å². The molecule has 0 N–H and O–H groups in total. The fourth-order valence-electron chi connectivity index (χ4n) is 5.63. The van der Waals surface area contributed by atoms with Crippen LogP contribution >= 0.6 is 0 Å². The lowest BCUT2D eigenvalue weighted by molar-refractivity contribution is 0.0598. The summed E-state index contributed by atoms with van der Waals surface area (Å²) >= 11 is 0. The molecule has 0 spiro atoms. The van der Waals surface area contributed by atoms with Crippen LogP contribution in [0.25, 0.3) is 11.1 Å². The minimum absolute atomic E-state index is 0.00677. The Labute approximate surface area is 217 Å². The van der Waals surface area contributed by atoms with Crippen LogP contribution in [-0.4, -0.2) is 26.4 Å². The van der Waals surface area contributed by atoms with Gasteiger partial charge in [0.05, 0.1) is 24.5 Å². The summed E-state index contributed by atoms with van der Waals surface area (Å²) in [6.07, 6.45) is 5.77. The third kappa shape index (κ3) is 5.17. The first-order valence-corrected chi connectivity index (χ1v) is 16.2. The van der Waals surface area contributed by atoms with E-state index in [0.29, 0.717) is 5.56 Å². The van der Waals surface area contributed by atoms with E-state index in [0.717, 1.165) is 66.6 Å². The van der Waals surface area contributed by atoms with Crippen molar-refractivity contribution < 1.29 is 18.3 Å². The lowest BCUT2D eigenvalue weighted by Crippen LogP contribution is -2.44. The van der Waals surface area contributed by atoms with Crippen molar-refractivity contribution in [1.82, 2.24) is 4.98 Å². The van der Waals surface area contributed by atoms with E-state index in [1.807, 2.05) is 0 Å². The maximum atomic E-state index is 14.0. The van der Waals surface area contributed by atoms with Crippen molar-refractivity contribution in [1.29, 1.82) is 0 Å². The number of carbonyl (C=O) groups excluding carboxylic acids is 1. The summed E-state index contributed by atoms with van der Waals surface area (Å²) in [5.41, 5.74) is 5.05. The predicted octanol–water partition coefficient (Wildman–Crippen LogP) is 8.37. The summed E-state index contributed by atoms with van der Waals surface area (Å²) in [6.45, 7) is 15.8. The predicted molar refractivity (Wildman–Crippen MR) is 145 cm³/mol. The number of benzene rings is 1. The zero-order valence-corrected chi connectivity index (χ0v) is 24.3. The van der Waals surface area contributed by atoms with Gasteiger partial charge in [0.25, 0.3) is 0 Å². The minimum Gasteiger partial charge on any atom is -0.465 e. The topological polar surface area (TPSA) is 48.4 Å². The van der Waals surface area contributed by atoms with E-state index >= 15 is 0 Å². The molecule has 1 aromatic carbocycles. The fourth-order valence-corrected chi connectivity index (χ4v) is 6.90. The van der Waals surface area contributed by atoms with E-state index in [2.05, 4.69) is 47.7 Å². The van der Waals surface area contributed by atoms with Crippen molar-refractivity contribution in [3.05, 3.63) is 52.6 Å². The van der Waals surface area contributed by atoms with Gasteiger partial charge in [0, 0.05) is 22.7 Å². The molecule has 6 heteroatoms. The molecule has 2 aliphatic rings. The normalized spacial score (nSPS) is 20.3. The third-order valence-electron chi connectivity index (χ3n) is 8.56. The van der Waals surface area contributed by atoms with E-state index in [4.69, 9.17) is 14.1 Å². The molecule has 0 amide bonds. The molecular weight excluding hydrogens is 469 g/mol. The summed E-state index contributed by atoms with van der Waals surface area (Å²) in [4.78, 5) is 18.7. The van der Waals surface area contributed by atoms with Gasteiger partial charge >= 0.3 is 5.97 Å². The van der Waals surface area contributed by atoms with Crippen molar-refractivity contribution in [2.24, 2.45) is 5.41 Å². The molecule has 1 aromatic heterocycles. The zero-order chi connectivity index (χ0) is 26.5. The van der Waals surface area contributed by atoms with Gasteiger partial charge in [0.15, 0.2) is 8.32 Å².